The maximum Gasteiger partial charge on any atom is 0.112 e. The summed E-state index contributed by atoms with van der Waals surface area (Å²) in [6, 6.07) is 7.32. The molecule has 1 atom stereocenters. The summed E-state index contributed by atoms with van der Waals surface area (Å²) in [6.45, 7) is 1.15. The molecule has 3 heteroatoms. The van der Waals surface area contributed by atoms with Gasteiger partial charge >= 0.3 is 0 Å². The summed E-state index contributed by atoms with van der Waals surface area (Å²) in [5.74, 6) is 2.00. The number of imidazole rings is 1. The first kappa shape index (κ1) is 10.6. The van der Waals surface area contributed by atoms with E-state index in [9.17, 15) is 0 Å². The molecule has 0 spiro atoms. The third kappa shape index (κ3) is 1.57. The van der Waals surface area contributed by atoms with E-state index in [-0.39, 0.29) is 0 Å². The van der Waals surface area contributed by atoms with E-state index < -0.39 is 0 Å². The van der Waals surface area contributed by atoms with Gasteiger partial charge in [0.05, 0.1) is 11.0 Å². The van der Waals surface area contributed by atoms with Crippen LogP contribution in [0.4, 0.5) is 0 Å². The monoisotopic (exact) mass is 241 g/mol. The number of nitrogens with one attached hydrogen (secondary N) is 1. The molecule has 1 saturated heterocycles. The normalized spacial score (nSPS) is 23.9. The van der Waals surface area contributed by atoms with Crippen molar-refractivity contribution in [3.8, 4) is 0 Å². The van der Waals surface area contributed by atoms with Crippen molar-refractivity contribution >= 4 is 11.0 Å². The van der Waals surface area contributed by atoms with Crippen molar-refractivity contribution < 1.29 is 0 Å². The average Bonchev–Trinajstić information content (AvgIpc) is 2.98. The number of aromatic nitrogens is 2. The molecule has 2 heterocycles. The van der Waals surface area contributed by atoms with Gasteiger partial charge in [0.15, 0.2) is 0 Å². The number of benzene rings is 1. The molecule has 1 aliphatic heterocycles. The Hall–Kier alpha value is -1.35. The van der Waals surface area contributed by atoms with Crippen LogP contribution < -0.4 is 5.32 Å². The van der Waals surface area contributed by atoms with E-state index in [4.69, 9.17) is 4.98 Å². The lowest BCUT2D eigenvalue weighted by Crippen LogP contribution is -2.12. The quantitative estimate of drug-likeness (QED) is 0.876. The van der Waals surface area contributed by atoms with Crippen LogP contribution in [0.25, 0.3) is 11.0 Å². The van der Waals surface area contributed by atoms with Crippen molar-refractivity contribution in [2.24, 2.45) is 7.05 Å². The Balaban J connectivity index is 1.80. The zero-order valence-electron chi connectivity index (χ0n) is 10.8. The fourth-order valence-electron chi connectivity index (χ4n) is 3.12. The van der Waals surface area contributed by atoms with Crippen molar-refractivity contribution in [2.45, 2.75) is 37.6 Å². The zero-order valence-corrected chi connectivity index (χ0v) is 10.8. The summed E-state index contributed by atoms with van der Waals surface area (Å²) in [5, 5.41) is 3.57. The van der Waals surface area contributed by atoms with Gasteiger partial charge in [-0.25, -0.2) is 4.98 Å². The van der Waals surface area contributed by atoms with Crippen LogP contribution in [0.2, 0.25) is 0 Å². The molecule has 1 N–H and O–H groups in total. The molecule has 2 aliphatic rings. The molecule has 4 rings (SSSR count). The number of fused-ring (bicyclic) bond motifs is 1. The third-order valence-electron chi connectivity index (χ3n) is 4.34. The van der Waals surface area contributed by atoms with Gasteiger partial charge in [-0.3, -0.25) is 0 Å². The Morgan fingerprint density at radius 1 is 1.28 bits per heavy atom. The van der Waals surface area contributed by atoms with E-state index in [1.54, 1.807) is 0 Å². The van der Waals surface area contributed by atoms with Crippen LogP contribution >= 0.6 is 0 Å². The molecule has 2 fully saturated rings. The van der Waals surface area contributed by atoms with Crippen molar-refractivity contribution in [3.63, 3.8) is 0 Å². The molecule has 1 aliphatic carbocycles. The van der Waals surface area contributed by atoms with E-state index in [1.165, 1.54) is 42.6 Å². The highest BCUT2D eigenvalue weighted by Crippen LogP contribution is 2.40. The van der Waals surface area contributed by atoms with Crippen molar-refractivity contribution in [2.75, 3.05) is 6.54 Å². The number of hydrogen-bond acceptors (Lipinski definition) is 2. The van der Waals surface area contributed by atoms with Gasteiger partial charge in [-0.15, -0.1) is 0 Å². The molecule has 1 saturated carbocycles. The number of rotatable bonds is 2. The van der Waals surface area contributed by atoms with E-state index >= 15 is 0 Å². The molecule has 0 radical (unpaired) electrons. The highest BCUT2D eigenvalue weighted by atomic mass is 15.1. The summed E-state index contributed by atoms with van der Waals surface area (Å²) in [5.41, 5.74) is 3.87. The van der Waals surface area contributed by atoms with Crippen LogP contribution in [0.1, 0.15) is 49.0 Å². The standard InChI is InChI=1S/C15H19N3/c1-18-14-9-11(12-3-2-8-16-12)6-7-13(14)17-15(18)10-4-5-10/h6-7,9-10,12,16H,2-5,8H2,1H3. The second-order valence-electron chi connectivity index (χ2n) is 5.70. The topological polar surface area (TPSA) is 29.9 Å². The van der Waals surface area contributed by atoms with Gasteiger partial charge in [0.25, 0.3) is 0 Å². The lowest BCUT2D eigenvalue weighted by Gasteiger charge is -2.10. The molecule has 18 heavy (non-hydrogen) atoms. The maximum absolute atomic E-state index is 4.78. The Morgan fingerprint density at radius 2 is 2.17 bits per heavy atom. The predicted molar refractivity (Wildman–Crippen MR) is 72.7 cm³/mol. The van der Waals surface area contributed by atoms with Crippen LogP contribution in [-0.2, 0) is 7.05 Å². The molecule has 0 bridgehead atoms. The largest absolute Gasteiger partial charge is 0.331 e. The van der Waals surface area contributed by atoms with Crippen molar-refractivity contribution in [1.82, 2.24) is 14.9 Å². The van der Waals surface area contributed by atoms with Gasteiger partial charge in [0.2, 0.25) is 0 Å². The minimum Gasteiger partial charge on any atom is -0.331 e. The molecule has 1 aromatic carbocycles. The molecular weight excluding hydrogens is 222 g/mol. The summed E-state index contributed by atoms with van der Waals surface area (Å²) < 4.78 is 2.30. The van der Waals surface area contributed by atoms with Crippen LogP contribution in [0.15, 0.2) is 18.2 Å². The lowest BCUT2D eigenvalue weighted by atomic mass is 10.0. The first-order chi connectivity index (χ1) is 8.83. The van der Waals surface area contributed by atoms with Crippen LogP contribution in [0.3, 0.4) is 0 Å². The fourth-order valence-corrected chi connectivity index (χ4v) is 3.12. The fraction of sp³-hybridized carbons (Fsp3) is 0.533. The summed E-state index contributed by atoms with van der Waals surface area (Å²) in [7, 11) is 2.16. The highest BCUT2D eigenvalue weighted by Gasteiger charge is 2.28. The maximum atomic E-state index is 4.78. The molecular formula is C15H19N3. The Labute approximate surface area is 107 Å². The first-order valence-corrected chi connectivity index (χ1v) is 7.02. The van der Waals surface area contributed by atoms with E-state index in [2.05, 4.69) is 35.1 Å². The SMILES string of the molecule is Cn1c(C2CC2)nc2ccc(C3CCCN3)cc21. The van der Waals surface area contributed by atoms with Gasteiger partial charge < -0.3 is 9.88 Å². The number of nitrogens with zero attached hydrogens (tertiary/aromatic N) is 2. The molecule has 0 amide bonds. The summed E-state index contributed by atoms with van der Waals surface area (Å²) in [6.07, 6.45) is 5.18. The number of hydrogen-bond donors (Lipinski definition) is 1. The van der Waals surface area contributed by atoms with Gasteiger partial charge in [-0.05, 0) is 49.9 Å². The van der Waals surface area contributed by atoms with Crippen molar-refractivity contribution in [3.05, 3.63) is 29.6 Å². The van der Waals surface area contributed by atoms with E-state index in [0.717, 1.165) is 18.0 Å². The van der Waals surface area contributed by atoms with Crippen LogP contribution in [-0.4, -0.2) is 16.1 Å². The van der Waals surface area contributed by atoms with Gasteiger partial charge in [0, 0.05) is 19.0 Å². The molecule has 1 aromatic heterocycles. The van der Waals surface area contributed by atoms with E-state index in [1.807, 2.05) is 0 Å². The highest BCUT2D eigenvalue weighted by molar-refractivity contribution is 5.77. The minimum absolute atomic E-state index is 0.550. The Morgan fingerprint density at radius 3 is 2.89 bits per heavy atom. The second kappa shape index (κ2) is 3.82. The van der Waals surface area contributed by atoms with Gasteiger partial charge in [-0.2, -0.15) is 0 Å². The Kier molecular flexibility index (Phi) is 2.24. The smallest absolute Gasteiger partial charge is 0.112 e. The van der Waals surface area contributed by atoms with Crippen LogP contribution in [0.5, 0.6) is 0 Å². The summed E-state index contributed by atoms with van der Waals surface area (Å²) in [4.78, 5) is 4.78. The molecule has 1 unspecified atom stereocenters. The van der Waals surface area contributed by atoms with Gasteiger partial charge in [-0.1, -0.05) is 6.07 Å². The summed E-state index contributed by atoms with van der Waals surface area (Å²) >= 11 is 0. The number of aryl methyl sites for hydroxylation is 1. The van der Waals surface area contributed by atoms with E-state index in [0.29, 0.717) is 6.04 Å². The predicted octanol–water partition coefficient (Wildman–Crippen LogP) is 2.88. The van der Waals surface area contributed by atoms with Gasteiger partial charge in [0.1, 0.15) is 5.82 Å². The molecule has 2 aromatic rings. The second-order valence-corrected chi connectivity index (χ2v) is 5.70. The first-order valence-electron chi connectivity index (χ1n) is 7.02. The molecule has 3 nitrogen and oxygen atoms in total. The minimum atomic E-state index is 0.550. The molecule has 94 valence electrons. The van der Waals surface area contributed by atoms with Crippen LogP contribution in [0, 0.1) is 0 Å². The lowest BCUT2D eigenvalue weighted by molar-refractivity contribution is 0.648. The zero-order chi connectivity index (χ0) is 12.1. The average molecular weight is 241 g/mol. The third-order valence-corrected chi connectivity index (χ3v) is 4.34. The van der Waals surface area contributed by atoms with Crippen molar-refractivity contribution in [1.29, 1.82) is 0 Å². The Bertz CT molecular complexity index is 589.